The molecule has 28 heavy (non-hydrogen) atoms. The minimum Gasteiger partial charge on any atom is -0.383 e. The number of nitro groups is 2. The Morgan fingerprint density at radius 1 is 0.821 bits per heavy atom. The van der Waals surface area contributed by atoms with Gasteiger partial charge in [-0.25, -0.2) is 0 Å². The summed E-state index contributed by atoms with van der Waals surface area (Å²) in [6.45, 7) is 1.73. The Bertz CT molecular complexity index is 933. The summed E-state index contributed by atoms with van der Waals surface area (Å²) in [6.07, 6.45) is 3.52. The SMILES string of the molecule is CN(C)C=Cc1cc(Cl)c([N+](=O)[O-])cc1Cl.Cc1cc(Cl)c([N+](=O)[O-])cc1Cl. The van der Waals surface area contributed by atoms with E-state index in [0.717, 1.165) is 5.56 Å². The molecule has 11 heteroatoms. The third kappa shape index (κ3) is 6.83. The highest BCUT2D eigenvalue weighted by atomic mass is 35.5. The van der Waals surface area contributed by atoms with E-state index in [4.69, 9.17) is 46.4 Å². The van der Waals surface area contributed by atoms with Gasteiger partial charge in [0.2, 0.25) is 0 Å². The maximum absolute atomic E-state index is 10.6. The first-order valence-electron chi connectivity index (χ1n) is 7.52. The summed E-state index contributed by atoms with van der Waals surface area (Å²) < 4.78 is 0. The van der Waals surface area contributed by atoms with Crippen LogP contribution in [0.5, 0.6) is 0 Å². The fourth-order valence-corrected chi connectivity index (χ4v) is 2.73. The van der Waals surface area contributed by atoms with Gasteiger partial charge >= 0.3 is 0 Å². The Kier molecular flexibility index (Phi) is 8.97. The third-order valence-electron chi connectivity index (χ3n) is 3.24. The molecule has 0 aliphatic heterocycles. The van der Waals surface area contributed by atoms with E-state index in [1.165, 1.54) is 24.3 Å². The van der Waals surface area contributed by atoms with Gasteiger partial charge in [0.05, 0.1) is 19.9 Å². The van der Waals surface area contributed by atoms with Gasteiger partial charge < -0.3 is 4.90 Å². The van der Waals surface area contributed by atoms with Gasteiger partial charge in [0.15, 0.2) is 0 Å². The monoisotopic (exact) mass is 465 g/mol. The second-order valence-electron chi connectivity index (χ2n) is 5.67. The molecule has 0 spiro atoms. The highest BCUT2D eigenvalue weighted by Gasteiger charge is 2.15. The maximum atomic E-state index is 10.6. The Labute approximate surface area is 181 Å². The Morgan fingerprint density at radius 3 is 1.75 bits per heavy atom. The van der Waals surface area contributed by atoms with Gasteiger partial charge in [0, 0.05) is 26.2 Å². The van der Waals surface area contributed by atoms with Crippen molar-refractivity contribution >= 4 is 63.9 Å². The van der Waals surface area contributed by atoms with Crippen LogP contribution in [0.4, 0.5) is 11.4 Å². The molecule has 2 rings (SSSR count). The zero-order valence-corrected chi connectivity index (χ0v) is 18.0. The lowest BCUT2D eigenvalue weighted by Gasteiger charge is -2.05. The normalized spacial score (nSPS) is 10.4. The summed E-state index contributed by atoms with van der Waals surface area (Å²) in [6, 6.07) is 5.45. The largest absolute Gasteiger partial charge is 0.383 e. The highest BCUT2D eigenvalue weighted by molar-refractivity contribution is 6.36. The number of benzene rings is 2. The van der Waals surface area contributed by atoms with Gasteiger partial charge in [-0.2, -0.15) is 0 Å². The number of nitro benzene ring substituents is 2. The van der Waals surface area contributed by atoms with Crippen molar-refractivity contribution in [2.45, 2.75) is 6.92 Å². The van der Waals surface area contributed by atoms with Crippen molar-refractivity contribution in [3.63, 3.8) is 0 Å². The van der Waals surface area contributed by atoms with E-state index in [-0.39, 0.29) is 21.4 Å². The van der Waals surface area contributed by atoms with E-state index < -0.39 is 9.85 Å². The van der Waals surface area contributed by atoms with Crippen LogP contribution < -0.4 is 0 Å². The molecule has 0 aromatic heterocycles. The maximum Gasteiger partial charge on any atom is 0.289 e. The van der Waals surface area contributed by atoms with Gasteiger partial charge in [-0.05, 0) is 42.5 Å². The summed E-state index contributed by atoms with van der Waals surface area (Å²) in [5, 5.41) is 21.8. The van der Waals surface area contributed by atoms with Crippen molar-refractivity contribution in [1.82, 2.24) is 4.90 Å². The minimum absolute atomic E-state index is 0.0767. The fourth-order valence-electron chi connectivity index (χ4n) is 1.82. The molecule has 7 nitrogen and oxygen atoms in total. The molecule has 2 aromatic carbocycles. The molecule has 0 saturated heterocycles. The predicted molar refractivity (Wildman–Crippen MR) is 114 cm³/mol. The van der Waals surface area contributed by atoms with Crippen molar-refractivity contribution in [2.24, 2.45) is 0 Å². The van der Waals surface area contributed by atoms with Crippen molar-refractivity contribution in [3.05, 3.63) is 81.9 Å². The second kappa shape index (κ2) is 10.5. The van der Waals surface area contributed by atoms with Crippen molar-refractivity contribution in [2.75, 3.05) is 14.1 Å². The summed E-state index contributed by atoms with van der Waals surface area (Å²) in [5.41, 5.74) is 1.03. The summed E-state index contributed by atoms with van der Waals surface area (Å²) in [5.74, 6) is 0. The standard InChI is InChI=1S/C10H10Cl2N2O2.C7H5Cl2NO2/c1-13(2)4-3-7-5-9(12)10(14(15)16)6-8(7)11;1-4-2-6(9)7(10(11)12)3-5(4)8/h3-6H,1-2H3;2-3H,1H3. The lowest BCUT2D eigenvalue weighted by atomic mass is 10.2. The summed E-state index contributed by atoms with van der Waals surface area (Å²) >= 11 is 22.9. The van der Waals surface area contributed by atoms with E-state index in [2.05, 4.69) is 0 Å². The molecule has 0 bridgehead atoms. The number of hydrogen-bond acceptors (Lipinski definition) is 5. The Morgan fingerprint density at radius 2 is 1.29 bits per heavy atom. The third-order valence-corrected chi connectivity index (χ3v) is 4.58. The van der Waals surface area contributed by atoms with Crippen LogP contribution in [0.3, 0.4) is 0 Å². The van der Waals surface area contributed by atoms with Crippen LogP contribution >= 0.6 is 46.4 Å². The molecule has 0 N–H and O–H groups in total. The first-order valence-corrected chi connectivity index (χ1v) is 9.03. The molecule has 0 heterocycles. The molecule has 0 radical (unpaired) electrons. The quantitative estimate of drug-likeness (QED) is 0.371. The lowest BCUT2D eigenvalue weighted by molar-refractivity contribution is -0.384. The number of aryl methyl sites for hydroxylation is 1. The van der Waals surface area contributed by atoms with Crippen LogP contribution in [0.25, 0.3) is 6.08 Å². The van der Waals surface area contributed by atoms with Crippen molar-refractivity contribution in [1.29, 1.82) is 0 Å². The van der Waals surface area contributed by atoms with E-state index in [1.807, 2.05) is 19.0 Å². The average molecular weight is 467 g/mol. The van der Waals surface area contributed by atoms with Crippen LogP contribution in [0.2, 0.25) is 20.1 Å². The van der Waals surface area contributed by atoms with Crippen molar-refractivity contribution in [3.8, 4) is 0 Å². The zero-order chi connectivity index (χ0) is 21.6. The van der Waals surface area contributed by atoms with E-state index in [0.29, 0.717) is 15.6 Å². The van der Waals surface area contributed by atoms with Gasteiger partial charge in [-0.15, -0.1) is 0 Å². The molecule has 0 saturated carbocycles. The fraction of sp³-hybridized carbons (Fsp3) is 0.176. The predicted octanol–water partition coefficient (Wildman–Crippen LogP) is 6.64. The van der Waals surface area contributed by atoms with Crippen LogP contribution in [0, 0.1) is 27.2 Å². The summed E-state index contributed by atoms with van der Waals surface area (Å²) in [7, 11) is 3.72. The van der Waals surface area contributed by atoms with Crippen LogP contribution in [-0.2, 0) is 0 Å². The Balaban J connectivity index is 0.000000292. The number of halogens is 4. The molecule has 0 unspecified atom stereocenters. The molecule has 0 aliphatic carbocycles. The molecule has 0 aliphatic rings. The molecular formula is C17H15Cl4N3O4. The second-order valence-corrected chi connectivity index (χ2v) is 7.30. The zero-order valence-electron chi connectivity index (χ0n) is 15.0. The first kappa shape index (κ1) is 24.0. The van der Waals surface area contributed by atoms with E-state index in [9.17, 15) is 20.2 Å². The molecular weight excluding hydrogens is 452 g/mol. The highest BCUT2D eigenvalue weighted by Crippen LogP contribution is 2.31. The van der Waals surface area contributed by atoms with Crippen LogP contribution in [-0.4, -0.2) is 28.8 Å². The van der Waals surface area contributed by atoms with Crippen LogP contribution in [0.15, 0.2) is 30.5 Å². The van der Waals surface area contributed by atoms with Gasteiger partial charge in [0.1, 0.15) is 10.0 Å². The number of hydrogen-bond donors (Lipinski definition) is 0. The molecule has 150 valence electrons. The summed E-state index contributed by atoms with van der Waals surface area (Å²) in [4.78, 5) is 21.6. The molecule has 0 fully saturated rings. The van der Waals surface area contributed by atoms with Gasteiger partial charge in [-0.3, -0.25) is 20.2 Å². The van der Waals surface area contributed by atoms with Gasteiger partial charge in [0.25, 0.3) is 11.4 Å². The number of rotatable bonds is 4. The van der Waals surface area contributed by atoms with Gasteiger partial charge in [-0.1, -0.05) is 46.4 Å². The van der Waals surface area contributed by atoms with Crippen LogP contribution in [0.1, 0.15) is 11.1 Å². The smallest absolute Gasteiger partial charge is 0.289 e. The topological polar surface area (TPSA) is 89.5 Å². The molecule has 2 aromatic rings. The lowest BCUT2D eigenvalue weighted by Crippen LogP contribution is -1.99. The molecule has 0 amide bonds. The van der Waals surface area contributed by atoms with E-state index >= 15 is 0 Å². The van der Waals surface area contributed by atoms with E-state index in [1.54, 1.807) is 19.2 Å². The first-order chi connectivity index (χ1) is 12.9. The molecule has 0 atom stereocenters. The van der Waals surface area contributed by atoms with Crippen molar-refractivity contribution < 1.29 is 9.85 Å². The minimum atomic E-state index is -0.562. The Hall–Kier alpha value is -2.06. The average Bonchev–Trinajstić information content (AvgIpc) is 2.58. The number of nitrogens with zero attached hydrogens (tertiary/aromatic N) is 3.